The molecule has 1 aromatic rings. The number of hydrogen-bond acceptors (Lipinski definition) is 4. The topological polar surface area (TPSA) is 91.7 Å². The average Bonchev–Trinajstić information content (AvgIpc) is 2.95. The zero-order valence-electron chi connectivity index (χ0n) is 12.5. The minimum Gasteiger partial charge on any atom is -0.467 e. The summed E-state index contributed by atoms with van der Waals surface area (Å²) in [6.45, 7) is 0.801. The summed E-state index contributed by atoms with van der Waals surface area (Å²) in [5.41, 5.74) is 0. The standard InChI is InChI=1S/C15H21N3O4/c19-13(16-9-12-5-4-8-22-12)10-17-14(20)11-18-7-3-1-2-6-15(18)21/h4-5,8H,1-3,6-7,9-11H2,(H,16,19)(H,17,20). The molecule has 1 fully saturated rings. The first-order chi connectivity index (χ1) is 10.6. The Morgan fingerprint density at radius 1 is 1.18 bits per heavy atom. The Hall–Kier alpha value is -2.31. The maximum absolute atomic E-state index is 11.8. The lowest BCUT2D eigenvalue weighted by Gasteiger charge is -2.19. The van der Waals surface area contributed by atoms with E-state index in [1.165, 1.54) is 6.26 Å². The van der Waals surface area contributed by atoms with Crippen LogP contribution in [0.15, 0.2) is 22.8 Å². The van der Waals surface area contributed by atoms with E-state index in [1.54, 1.807) is 17.0 Å². The molecule has 7 heteroatoms. The van der Waals surface area contributed by atoms with Crippen molar-refractivity contribution >= 4 is 17.7 Å². The van der Waals surface area contributed by atoms with Crippen molar-refractivity contribution in [2.45, 2.75) is 32.2 Å². The van der Waals surface area contributed by atoms with Gasteiger partial charge in [-0.05, 0) is 25.0 Å². The molecule has 0 spiro atoms. The van der Waals surface area contributed by atoms with E-state index >= 15 is 0 Å². The monoisotopic (exact) mass is 307 g/mol. The summed E-state index contributed by atoms with van der Waals surface area (Å²) in [5, 5.41) is 5.16. The summed E-state index contributed by atoms with van der Waals surface area (Å²) in [6, 6.07) is 3.49. The predicted molar refractivity (Wildman–Crippen MR) is 78.6 cm³/mol. The molecule has 1 aromatic heterocycles. The Labute approximate surface area is 129 Å². The number of amides is 3. The third kappa shape index (κ3) is 5.23. The highest BCUT2D eigenvalue weighted by Gasteiger charge is 2.19. The molecule has 22 heavy (non-hydrogen) atoms. The zero-order chi connectivity index (χ0) is 15.8. The van der Waals surface area contributed by atoms with Crippen molar-refractivity contribution in [1.82, 2.24) is 15.5 Å². The second-order valence-electron chi connectivity index (χ2n) is 5.26. The molecule has 1 aliphatic rings. The number of nitrogens with one attached hydrogen (secondary N) is 2. The number of nitrogens with zero attached hydrogens (tertiary/aromatic N) is 1. The summed E-state index contributed by atoms with van der Waals surface area (Å²) in [4.78, 5) is 36.7. The number of furan rings is 1. The molecule has 7 nitrogen and oxygen atoms in total. The molecule has 3 amide bonds. The molecule has 120 valence electrons. The van der Waals surface area contributed by atoms with E-state index in [1.807, 2.05) is 0 Å². The van der Waals surface area contributed by atoms with Gasteiger partial charge in [0.15, 0.2) is 0 Å². The van der Waals surface area contributed by atoms with Gasteiger partial charge in [-0.15, -0.1) is 0 Å². The number of hydrogen-bond donors (Lipinski definition) is 2. The number of likely N-dealkylation sites (tertiary alicyclic amines) is 1. The van der Waals surface area contributed by atoms with Crippen molar-refractivity contribution in [3.8, 4) is 0 Å². The summed E-state index contributed by atoms with van der Waals surface area (Å²) in [7, 11) is 0. The zero-order valence-corrected chi connectivity index (χ0v) is 12.5. The Balaban J connectivity index is 1.66. The molecule has 0 bridgehead atoms. The largest absolute Gasteiger partial charge is 0.467 e. The van der Waals surface area contributed by atoms with Crippen molar-refractivity contribution in [3.05, 3.63) is 24.2 Å². The van der Waals surface area contributed by atoms with Gasteiger partial charge in [0.25, 0.3) is 0 Å². The fourth-order valence-corrected chi connectivity index (χ4v) is 2.28. The average molecular weight is 307 g/mol. The van der Waals surface area contributed by atoms with E-state index in [-0.39, 0.29) is 37.4 Å². The second-order valence-corrected chi connectivity index (χ2v) is 5.26. The summed E-state index contributed by atoms with van der Waals surface area (Å²) < 4.78 is 5.09. The summed E-state index contributed by atoms with van der Waals surface area (Å²) in [6.07, 6.45) is 4.84. The van der Waals surface area contributed by atoms with Gasteiger partial charge in [0, 0.05) is 13.0 Å². The highest BCUT2D eigenvalue weighted by molar-refractivity contribution is 5.88. The SMILES string of the molecule is O=C(CNC(=O)CN1CCCCCC1=O)NCc1ccco1. The fourth-order valence-electron chi connectivity index (χ4n) is 2.28. The van der Waals surface area contributed by atoms with Crippen molar-refractivity contribution in [2.24, 2.45) is 0 Å². The normalized spacial score (nSPS) is 15.3. The molecule has 0 aliphatic carbocycles. The van der Waals surface area contributed by atoms with E-state index in [9.17, 15) is 14.4 Å². The molecular weight excluding hydrogens is 286 g/mol. The summed E-state index contributed by atoms with van der Waals surface area (Å²) in [5.74, 6) is 0.0418. The highest BCUT2D eigenvalue weighted by Crippen LogP contribution is 2.10. The van der Waals surface area contributed by atoms with E-state index in [4.69, 9.17) is 4.42 Å². The van der Waals surface area contributed by atoms with Crippen LogP contribution in [0.5, 0.6) is 0 Å². The highest BCUT2D eigenvalue weighted by atomic mass is 16.3. The smallest absolute Gasteiger partial charge is 0.240 e. The van der Waals surface area contributed by atoms with Crippen LogP contribution in [0.25, 0.3) is 0 Å². The molecule has 2 rings (SSSR count). The minimum absolute atomic E-state index is 0.00919. The maximum Gasteiger partial charge on any atom is 0.240 e. The van der Waals surface area contributed by atoms with Crippen molar-refractivity contribution in [3.63, 3.8) is 0 Å². The third-order valence-corrected chi connectivity index (χ3v) is 3.49. The van der Waals surface area contributed by atoms with Gasteiger partial charge in [-0.2, -0.15) is 0 Å². The molecule has 1 aliphatic heterocycles. The van der Waals surface area contributed by atoms with E-state index in [0.29, 0.717) is 18.7 Å². The summed E-state index contributed by atoms with van der Waals surface area (Å²) >= 11 is 0. The first-order valence-electron chi connectivity index (χ1n) is 7.48. The van der Waals surface area contributed by atoms with Gasteiger partial charge in [0.05, 0.1) is 25.9 Å². The van der Waals surface area contributed by atoms with Crippen LogP contribution in [0.1, 0.15) is 31.4 Å². The van der Waals surface area contributed by atoms with Crippen LogP contribution in [-0.2, 0) is 20.9 Å². The maximum atomic E-state index is 11.8. The quantitative estimate of drug-likeness (QED) is 0.796. The van der Waals surface area contributed by atoms with Gasteiger partial charge in [0.2, 0.25) is 17.7 Å². The van der Waals surface area contributed by atoms with E-state index in [2.05, 4.69) is 10.6 Å². The first kappa shape index (κ1) is 16.1. The predicted octanol–water partition coefficient (Wildman–Crippen LogP) is 0.415. The van der Waals surface area contributed by atoms with Gasteiger partial charge >= 0.3 is 0 Å². The van der Waals surface area contributed by atoms with E-state index < -0.39 is 0 Å². The van der Waals surface area contributed by atoms with Crippen molar-refractivity contribution in [1.29, 1.82) is 0 Å². The molecule has 0 atom stereocenters. The fraction of sp³-hybridized carbons (Fsp3) is 0.533. The Bertz CT molecular complexity index is 513. The molecule has 0 saturated carbocycles. The second kappa shape index (κ2) is 8.21. The van der Waals surface area contributed by atoms with Gasteiger partial charge in [0.1, 0.15) is 5.76 Å². The molecular formula is C15H21N3O4. The molecule has 0 unspecified atom stereocenters. The number of rotatable bonds is 6. The van der Waals surface area contributed by atoms with Crippen LogP contribution in [-0.4, -0.2) is 42.3 Å². The van der Waals surface area contributed by atoms with Crippen molar-refractivity contribution in [2.75, 3.05) is 19.6 Å². The lowest BCUT2D eigenvalue weighted by atomic mass is 10.2. The Morgan fingerprint density at radius 2 is 2.05 bits per heavy atom. The minimum atomic E-state index is -0.316. The van der Waals surface area contributed by atoms with Crippen LogP contribution in [0.4, 0.5) is 0 Å². The van der Waals surface area contributed by atoms with Gasteiger partial charge in [-0.3, -0.25) is 14.4 Å². The van der Waals surface area contributed by atoms with Crippen molar-refractivity contribution < 1.29 is 18.8 Å². The third-order valence-electron chi connectivity index (χ3n) is 3.49. The van der Waals surface area contributed by atoms with Crippen LogP contribution in [0, 0.1) is 0 Å². The molecule has 2 N–H and O–H groups in total. The van der Waals surface area contributed by atoms with Crippen LogP contribution in [0.2, 0.25) is 0 Å². The van der Waals surface area contributed by atoms with Gasteiger partial charge in [-0.25, -0.2) is 0 Å². The Morgan fingerprint density at radius 3 is 2.82 bits per heavy atom. The Kier molecular flexibility index (Phi) is 6.00. The number of carbonyl (C=O) groups excluding carboxylic acids is 3. The van der Waals surface area contributed by atoms with Crippen LogP contribution >= 0.6 is 0 Å². The molecule has 0 aromatic carbocycles. The lowest BCUT2D eigenvalue weighted by molar-refractivity contribution is -0.135. The lowest BCUT2D eigenvalue weighted by Crippen LogP contribution is -2.43. The number of carbonyl (C=O) groups is 3. The van der Waals surface area contributed by atoms with E-state index in [0.717, 1.165) is 19.3 Å². The molecule has 1 saturated heterocycles. The van der Waals surface area contributed by atoms with Crippen LogP contribution < -0.4 is 10.6 Å². The molecule has 2 heterocycles. The first-order valence-corrected chi connectivity index (χ1v) is 7.48. The van der Waals surface area contributed by atoms with Gasteiger partial charge in [-0.1, -0.05) is 6.42 Å². The van der Waals surface area contributed by atoms with Crippen LogP contribution in [0.3, 0.4) is 0 Å². The van der Waals surface area contributed by atoms with Gasteiger partial charge < -0.3 is 20.0 Å². The molecule has 0 radical (unpaired) electrons.